The Hall–Kier alpha value is -1.65. The summed E-state index contributed by atoms with van der Waals surface area (Å²) in [6, 6.07) is 6.69. The molecule has 2 rings (SSSR count). The zero-order chi connectivity index (χ0) is 17.0. The van der Waals surface area contributed by atoms with Gasteiger partial charge >= 0.3 is 6.18 Å². The van der Waals surface area contributed by atoms with E-state index < -0.39 is 24.2 Å². The Morgan fingerprint density at radius 2 is 1.61 bits per heavy atom. The lowest BCUT2D eigenvalue weighted by Gasteiger charge is -2.28. The van der Waals surface area contributed by atoms with E-state index in [0.29, 0.717) is 5.92 Å². The van der Waals surface area contributed by atoms with Crippen molar-refractivity contribution in [2.45, 2.75) is 57.5 Å². The molecule has 0 bridgehead atoms. The Morgan fingerprint density at radius 1 is 1.04 bits per heavy atom. The molecular formula is C18H21F3O2. The van der Waals surface area contributed by atoms with Crippen LogP contribution in [0.1, 0.15) is 67.3 Å². The molecule has 5 heteroatoms. The molecular weight excluding hydrogens is 305 g/mol. The Morgan fingerprint density at radius 3 is 2.09 bits per heavy atom. The zero-order valence-electron chi connectivity index (χ0n) is 13.2. The molecule has 1 saturated carbocycles. The largest absolute Gasteiger partial charge is 0.450 e. The van der Waals surface area contributed by atoms with Gasteiger partial charge in [0, 0.05) is 5.56 Å². The highest BCUT2D eigenvalue weighted by Gasteiger charge is 2.39. The van der Waals surface area contributed by atoms with Gasteiger partial charge in [-0.05, 0) is 43.1 Å². The number of carbonyl (C=O) groups is 2. The molecule has 1 aliphatic rings. The minimum absolute atomic E-state index is 0.161. The molecule has 0 spiro atoms. The normalized spacial score (nSPS) is 21.9. The lowest BCUT2D eigenvalue weighted by atomic mass is 9.78. The number of rotatable bonds is 5. The van der Waals surface area contributed by atoms with E-state index >= 15 is 0 Å². The number of carbonyl (C=O) groups excluding carboxylic acids is 2. The first kappa shape index (κ1) is 17.7. The summed E-state index contributed by atoms with van der Waals surface area (Å²) in [6.07, 6.45) is -0.258. The molecule has 0 heterocycles. The first-order valence-electron chi connectivity index (χ1n) is 8.04. The second kappa shape index (κ2) is 7.28. The van der Waals surface area contributed by atoms with Crippen molar-refractivity contribution in [3.8, 4) is 0 Å². The van der Waals surface area contributed by atoms with Crippen LogP contribution in [-0.2, 0) is 4.79 Å². The Balaban J connectivity index is 1.97. The van der Waals surface area contributed by atoms with Gasteiger partial charge in [-0.2, -0.15) is 13.2 Å². The van der Waals surface area contributed by atoms with Crippen molar-refractivity contribution < 1.29 is 22.8 Å². The van der Waals surface area contributed by atoms with Crippen molar-refractivity contribution in [1.29, 1.82) is 0 Å². The Bertz CT molecular complexity index is 553. The summed E-state index contributed by atoms with van der Waals surface area (Å²) in [5.74, 6) is -1.53. The van der Waals surface area contributed by atoms with Gasteiger partial charge < -0.3 is 0 Å². The zero-order valence-corrected chi connectivity index (χ0v) is 13.2. The van der Waals surface area contributed by atoms with Crippen molar-refractivity contribution in [3.05, 3.63) is 35.4 Å². The van der Waals surface area contributed by atoms with E-state index in [-0.39, 0.29) is 5.56 Å². The van der Waals surface area contributed by atoms with Gasteiger partial charge in [0.05, 0.1) is 6.42 Å². The molecule has 1 aromatic carbocycles. The fourth-order valence-electron chi connectivity index (χ4n) is 3.19. The summed E-state index contributed by atoms with van der Waals surface area (Å²) in [6.45, 7) is 2.20. The van der Waals surface area contributed by atoms with Crippen LogP contribution in [0.25, 0.3) is 0 Å². The van der Waals surface area contributed by atoms with Gasteiger partial charge in [0.25, 0.3) is 0 Å². The van der Waals surface area contributed by atoms with Crippen molar-refractivity contribution in [3.63, 3.8) is 0 Å². The number of hydrogen-bond acceptors (Lipinski definition) is 2. The minimum Gasteiger partial charge on any atom is -0.294 e. The second-order valence-corrected chi connectivity index (χ2v) is 6.27. The lowest BCUT2D eigenvalue weighted by Crippen LogP contribution is -2.25. The summed E-state index contributed by atoms with van der Waals surface area (Å²) >= 11 is 0. The molecule has 1 aliphatic carbocycles. The molecule has 23 heavy (non-hydrogen) atoms. The van der Waals surface area contributed by atoms with Crippen LogP contribution in [-0.4, -0.2) is 17.7 Å². The lowest BCUT2D eigenvalue weighted by molar-refractivity contribution is -0.170. The van der Waals surface area contributed by atoms with Crippen LogP contribution in [0.15, 0.2) is 24.3 Å². The first-order chi connectivity index (χ1) is 10.8. The average Bonchev–Trinajstić information content (AvgIpc) is 2.54. The van der Waals surface area contributed by atoms with Gasteiger partial charge in [-0.25, -0.2) is 0 Å². The topological polar surface area (TPSA) is 34.1 Å². The third-order valence-electron chi connectivity index (χ3n) is 4.77. The van der Waals surface area contributed by atoms with Crippen molar-refractivity contribution in [2.24, 2.45) is 5.92 Å². The van der Waals surface area contributed by atoms with Gasteiger partial charge in [0.15, 0.2) is 5.78 Å². The Labute approximate surface area is 134 Å². The van der Waals surface area contributed by atoms with Gasteiger partial charge in [-0.3, -0.25) is 9.59 Å². The molecule has 0 radical (unpaired) electrons. The van der Waals surface area contributed by atoms with Crippen LogP contribution in [0.3, 0.4) is 0 Å². The molecule has 0 atom stereocenters. The third-order valence-corrected chi connectivity index (χ3v) is 4.77. The molecule has 1 fully saturated rings. The predicted octanol–water partition coefficient (Wildman–Crippen LogP) is 5.07. The Kier molecular flexibility index (Phi) is 5.60. The van der Waals surface area contributed by atoms with Gasteiger partial charge in [0.1, 0.15) is 0 Å². The summed E-state index contributed by atoms with van der Waals surface area (Å²) in [7, 11) is 0. The smallest absolute Gasteiger partial charge is 0.294 e. The summed E-state index contributed by atoms with van der Waals surface area (Å²) in [5, 5.41) is 0. The fourth-order valence-corrected chi connectivity index (χ4v) is 3.19. The van der Waals surface area contributed by atoms with E-state index in [0.717, 1.165) is 24.3 Å². The molecule has 0 N–H and O–H groups in total. The fraction of sp³-hybridized carbons (Fsp3) is 0.556. The monoisotopic (exact) mass is 326 g/mol. The second-order valence-electron chi connectivity index (χ2n) is 6.27. The highest BCUT2D eigenvalue weighted by atomic mass is 19.4. The number of benzene rings is 1. The van der Waals surface area contributed by atoms with Gasteiger partial charge in [-0.1, -0.05) is 37.6 Å². The molecule has 0 saturated heterocycles. The van der Waals surface area contributed by atoms with E-state index in [1.54, 1.807) is 0 Å². The van der Waals surface area contributed by atoms with Crippen molar-refractivity contribution in [2.75, 3.05) is 0 Å². The van der Waals surface area contributed by atoms with Crippen LogP contribution in [0.4, 0.5) is 13.2 Å². The third kappa shape index (κ3) is 4.66. The van der Waals surface area contributed by atoms with Crippen LogP contribution in [0.5, 0.6) is 0 Å². The molecule has 2 nitrogen and oxygen atoms in total. The van der Waals surface area contributed by atoms with Crippen LogP contribution in [0, 0.1) is 5.92 Å². The summed E-state index contributed by atoms with van der Waals surface area (Å²) < 4.78 is 36.6. The highest BCUT2D eigenvalue weighted by molar-refractivity contribution is 6.09. The van der Waals surface area contributed by atoms with Crippen LogP contribution in [0.2, 0.25) is 0 Å². The number of Topliss-reactive ketones (excluding diaryl/α,β-unsaturated/α-hetero) is 2. The summed E-state index contributed by atoms with van der Waals surface area (Å²) in [4.78, 5) is 22.6. The molecule has 126 valence electrons. The molecule has 0 amide bonds. The minimum atomic E-state index is -4.95. The van der Waals surface area contributed by atoms with E-state index in [1.165, 1.54) is 31.4 Å². The van der Waals surface area contributed by atoms with E-state index in [1.807, 2.05) is 12.1 Å². The molecule has 1 aromatic rings. The average molecular weight is 326 g/mol. The van der Waals surface area contributed by atoms with Gasteiger partial charge in [0.2, 0.25) is 5.78 Å². The number of hydrogen-bond donors (Lipinski definition) is 0. The predicted molar refractivity (Wildman–Crippen MR) is 81.4 cm³/mol. The SMILES string of the molecule is CCC1CCC(c2ccc(C(=O)CC(=O)C(F)(F)F)cc2)CC1. The molecule has 0 aliphatic heterocycles. The van der Waals surface area contributed by atoms with Crippen LogP contribution < -0.4 is 0 Å². The van der Waals surface area contributed by atoms with E-state index in [9.17, 15) is 22.8 Å². The first-order valence-corrected chi connectivity index (χ1v) is 8.04. The van der Waals surface area contributed by atoms with Crippen molar-refractivity contribution >= 4 is 11.6 Å². The quantitative estimate of drug-likeness (QED) is 0.559. The van der Waals surface area contributed by atoms with Gasteiger partial charge in [-0.15, -0.1) is 0 Å². The maximum absolute atomic E-state index is 12.2. The summed E-state index contributed by atoms with van der Waals surface area (Å²) in [5.41, 5.74) is 1.28. The maximum Gasteiger partial charge on any atom is 0.450 e. The number of alkyl halides is 3. The van der Waals surface area contributed by atoms with E-state index in [4.69, 9.17) is 0 Å². The standard InChI is InChI=1S/C18H21F3O2/c1-2-12-3-5-13(6-4-12)14-7-9-15(10-8-14)16(22)11-17(23)18(19,20)21/h7-10,12-13H,2-6,11H2,1H3. The van der Waals surface area contributed by atoms with Crippen LogP contribution >= 0.6 is 0 Å². The highest BCUT2D eigenvalue weighted by Crippen LogP contribution is 2.37. The molecule has 0 unspecified atom stereocenters. The number of ketones is 2. The number of halogens is 3. The van der Waals surface area contributed by atoms with E-state index in [2.05, 4.69) is 6.92 Å². The molecule has 0 aromatic heterocycles. The maximum atomic E-state index is 12.2. The van der Waals surface area contributed by atoms with Crippen molar-refractivity contribution in [1.82, 2.24) is 0 Å².